The van der Waals surface area contributed by atoms with Gasteiger partial charge in [0, 0.05) is 22.2 Å². The van der Waals surface area contributed by atoms with Gasteiger partial charge in [-0.05, 0) is 49.2 Å². The van der Waals surface area contributed by atoms with Crippen LogP contribution in [0.25, 0.3) is 11.1 Å². The molecule has 2 aromatic heterocycles. The number of nitrogen functional groups attached to an aromatic ring is 1. The fraction of sp³-hybridized carbons (Fsp3) is 0.154. The fourth-order valence-corrected chi connectivity index (χ4v) is 4.94. The molecule has 4 aromatic rings. The monoisotopic (exact) mass is 505 g/mol. The summed E-state index contributed by atoms with van der Waals surface area (Å²) >= 11 is 7.80. The van der Waals surface area contributed by atoms with Gasteiger partial charge in [-0.15, -0.1) is 21.5 Å². The molecule has 0 saturated carbocycles. The van der Waals surface area contributed by atoms with E-state index in [9.17, 15) is 9.59 Å². The van der Waals surface area contributed by atoms with E-state index in [1.165, 1.54) is 17.4 Å². The van der Waals surface area contributed by atoms with Crippen molar-refractivity contribution in [3.8, 4) is 5.00 Å². The van der Waals surface area contributed by atoms with Crippen LogP contribution >= 0.6 is 22.9 Å². The zero-order valence-corrected chi connectivity index (χ0v) is 20.9. The van der Waals surface area contributed by atoms with Crippen LogP contribution in [0.15, 0.2) is 60.7 Å². The molecule has 0 saturated heterocycles. The predicted molar refractivity (Wildman–Crippen MR) is 140 cm³/mol. The van der Waals surface area contributed by atoms with Gasteiger partial charge in [-0.1, -0.05) is 48.9 Å². The highest BCUT2D eigenvalue weighted by atomic mass is 35.5. The molecule has 9 heteroatoms. The highest BCUT2D eigenvalue weighted by Gasteiger charge is 2.23. The Morgan fingerprint density at radius 3 is 2.60 bits per heavy atom. The molecule has 0 spiro atoms. The minimum Gasteiger partial charge on any atom is -0.398 e. The Morgan fingerprint density at radius 1 is 1.11 bits per heavy atom. The lowest BCUT2D eigenvalue weighted by molar-refractivity contribution is -0.116. The number of aromatic nitrogens is 3. The highest BCUT2D eigenvalue weighted by Crippen LogP contribution is 2.32. The summed E-state index contributed by atoms with van der Waals surface area (Å²) in [6.45, 7) is 3.98. The SMILES string of the molecule is CCc1cc(C(=O)c2ccccc2Cl)c(-n2c(C)nnc2CNC(=O)C=Cc2ccccc2N)s1. The number of thiophene rings is 1. The van der Waals surface area contributed by atoms with E-state index in [4.69, 9.17) is 17.3 Å². The number of carbonyl (C=O) groups excluding carboxylic acids is 2. The molecular formula is C26H24ClN5O2S. The first kappa shape index (κ1) is 24.4. The van der Waals surface area contributed by atoms with Gasteiger partial charge in [0.1, 0.15) is 10.8 Å². The van der Waals surface area contributed by atoms with E-state index in [-0.39, 0.29) is 18.2 Å². The second-order valence-corrected chi connectivity index (χ2v) is 9.30. The van der Waals surface area contributed by atoms with E-state index in [1.54, 1.807) is 36.4 Å². The number of amides is 1. The lowest BCUT2D eigenvalue weighted by Crippen LogP contribution is -2.22. The smallest absolute Gasteiger partial charge is 0.244 e. The molecule has 0 radical (unpaired) electrons. The maximum Gasteiger partial charge on any atom is 0.244 e. The number of nitrogens with one attached hydrogen (secondary N) is 1. The Balaban J connectivity index is 1.61. The second kappa shape index (κ2) is 10.7. The van der Waals surface area contributed by atoms with Gasteiger partial charge in [0.25, 0.3) is 0 Å². The Bertz CT molecular complexity index is 1420. The Morgan fingerprint density at radius 2 is 1.86 bits per heavy atom. The molecule has 2 aromatic carbocycles. The van der Waals surface area contributed by atoms with E-state index in [2.05, 4.69) is 15.5 Å². The van der Waals surface area contributed by atoms with Gasteiger partial charge in [0.15, 0.2) is 11.6 Å². The third-order valence-electron chi connectivity index (χ3n) is 5.40. The third kappa shape index (κ3) is 5.34. The molecule has 0 aliphatic carbocycles. The van der Waals surface area contributed by atoms with Crippen LogP contribution in [-0.2, 0) is 17.8 Å². The van der Waals surface area contributed by atoms with Gasteiger partial charge in [-0.2, -0.15) is 0 Å². The van der Waals surface area contributed by atoms with Crippen molar-refractivity contribution in [2.75, 3.05) is 5.73 Å². The van der Waals surface area contributed by atoms with E-state index in [1.807, 2.05) is 42.7 Å². The first-order chi connectivity index (χ1) is 16.9. The molecule has 7 nitrogen and oxygen atoms in total. The standard InChI is InChI=1S/C26H24ClN5O2S/c1-3-18-14-20(25(34)19-9-5-6-10-21(19)27)26(35-18)32-16(2)30-31-23(32)15-29-24(33)13-12-17-8-4-7-11-22(17)28/h4-14H,3,15,28H2,1-2H3,(H,29,33). The number of nitrogens with zero attached hydrogens (tertiary/aromatic N) is 3. The van der Waals surface area contributed by atoms with Crippen molar-refractivity contribution in [3.05, 3.63) is 98.9 Å². The summed E-state index contributed by atoms with van der Waals surface area (Å²) in [5.41, 5.74) is 8.23. The van der Waals surface area contributed by atoms with Crippen LogP contribution < -0.4 is 11.1 Å². The van der Waals surface area contributed by atoms with Crippen LogP contribution in [0.2, 0.25) is 5.02 Å². The van der Waals surface area contributed by atoms with Crippen molar-refractivity contribution in [1.82, 2.24) is 20.1 Å². The van der Waals surface area contributed by atoms with Crippen LogP contribution in [-0.4, -0.2) is 26.5 Å². The van der Waals surface area contributed by atoms with Crippen molar-refractivity contribution in [2.24, 2.45) is 0 Å². The molecule has 0 atom stereocenters. The largest absolute Gasteiger partial charge is 0.398 e. The quantitative estimate of drug-likeness (QED) is 0.199. The first-order valence-corrected chi connectivity index (χ1v) is 12.2. The van der Waals surface area contributed by atoms with Crippen LogP contribution in [0.5, 0.6) is 0 Å². The number of anilines is 1. The third-order valence-corrected chi connectivity index (χ3v) is 7.00. The Kier molecular flexibility index (Phi) is 7.43. The van der Waals surface area contributed by atoms with Gasteiger partial charge < -0.3 is 11.1 Å². The fourth-order valence-electron chi connectivity index (χ4n) is 3.56. The van der Waals surface area contributed by atoms with Crippen molar-refractivity contribution < 1.29 is 9.59 Å². The summed E-state index contributed by atoms with van der Waals surface area (Å²) in [7, 11) is 0. The molecule has 35 heavy (non-hydrogen) atoms. The summed E-state index contributed by atoms with van der Waals surface area (Å²) in [5.74, 6) is 0.655. The van der Waals surface area contributed by atoms with Crippen LogP contribution in [0.1, 0.15) is 44.9 Å². The Hall–Kier alpha value is -3.75. The maximum absolute atomic E-state index is 13.4. The molecule has 0 aliphatic rings. The van der Waals surface area contributed by atoms with Crippen molar-refractivity contribution in [2.45, 2.75) is 26.8 Å². The predicted octanol–water partition coefficient (Wildman–Crippen LogP) is 5.00. The van der Waals surface area contributed by atoms with Crippen molar-refractivity contribution >= 4 is 46.4 Å². The number of aryl methyl sites for hydroxylation is 2. The second-order valence-electron chi connectivity index (χ2n) is 7.77. The average molecular weight is 506 g/mol. The molecule has 0 fully saturated rings. The number of para-hydroxylation sites is 1. The topological polar surface area (TPSA) is 103 Å². The van der Waals surface area contributed by atoms with Gasteiger partial charge in [-0.25, -0.2) is 0 Å². The van der Waals surface area contributed by atoms with Crippen LogP contribution in [0.4, 0.5) is 5.69 Å². The summed E-state index contributed by atoms with van der Waals surface area (Å²) < 4.78 is 1.81. The number of hydrogen-bond donors (Lipinski definition) is 2. The normalized spacial score (nSPS) is 11.2. The summed E-state index contributed by atoms with van der Waals surface area (Å²) in [6, 6.07) is 16.2. The van der Waals surface area contributed by atoms with Crippen molar-refractivity contribution in [1.29, 1.82) is 0 Å². The molecule has 4 rings (SSSR count). The van der Waals surface area contributed by atoms with E-state index in [0.29, 0.717) is 38.5 Å². The number of halogens is 1. The Labute approximate surface area is 212 Å². The molecule has 0 unspecified atom stereocenters. The zero-order valence-electron chi connectivity index (χ0n) is 19.3. The zero-order chi connectivity index (χ0) is 24.9. The van der Waals surface area contributed by atoms with Gasteiger partial charge >= 0.3 is 0 Å². The molecule has 1 amide bonds. The minimum absolute atomic E-state index is 0.132. The van der Waals surface area contributed by atoms with E-state index in [0.717, 1.165) is 16.9 Å². The van der Waals surface area contributed by atoms with Gasteiger partial charge in [-0.3, -0.25) is 14.2 Å². The summed E-state index contributed by atoms with van der Waals surface area (Å²) in [4.78, 5) is 26.9. The molecule has 178 valence electrons. The van der Waals surface area contributed by atoms with Crippen LogP contribution in [0.3, 0.4) is 0 Å². The maximum atomic E-state index is 13.4. The number of nitrogens with two attached hydrogens (primary N) is 1. The summed E-state index contributed by atoms with van der Waals surface area (Å²) in [6.07, 6.45) is 3.86. The first-order valence-electron chi connectivity index (χ1n) is 11.0. The molecular weight excluding hydrogens is 482 g/mol. The van der Waals surface area contributed by atoms with Crippen LogP contribution in [0, 0.1) is 6.92 Å². The molecule has 0 bridgehead atoms. The summed E-state index contributed by atoms with van der Waals surface area (Å²) in [5, 5.41) is 12.4. The number of ketones is 1. The van der Waals surface area contributed by atoms with Gasteiger partial charge in [0.05, 0.1) is 17.1 Å². The number of carbonyl (C=O) groups is 2. The van der Waals surface area contributed by atoms with E-state index >= 15 is 0 Å². The number of benzene rings is 2. The highest BCUT2D eigenvalue weighted by molar-refractivity contribution is 7.15. The molecule has 0 aliphatic heterocycles. The van der Waals surface area contributed by atoms with E-state index < -0.39 is 0 Å². The van der Waals surface area contributed by atoms with Gasteiger partial charge in [0.2, 0.25) is 5.91 Å². The average Bonchev–Trinajstić information content (AvgIpc) is 3.44. The minimum atomic E-state index is -0.298. The van der Waals surface area contributed by atoms with Crippen molar-refractivity contribution in [3.63, 3.8) is 0 Å². The number of hydrogen-bond acceptors (Lipinski definition) is 6. The number of rotatable bonds is 8. The molecule has 2 heterocycles. The lowest BCUT2D eigenvalue weighted by atomic mass is 10.0. The molecule has 3 N–H and O–H groups in total. The lowest BCUT2D eigenvalue weighted by Gasteiger charge is -2.10.